The minimum Gasteiger partial charge on any atom is -0.477 e. The predicted octanol–water partition coefficient (Wildman–Crippen LogP) is 2.31. The molecule has 2 rings (SSSR count). The highest BCUT2D eigenvalue weighted by atomic mass is 16.4. The lowest BCUT2D eigenvalue weighted by atomic mass is 10.1. The van der Waals surface area contributed by atoms with Gasteiger partial charge in [-0.15, -0.1) is 0 Å². The largest absolute Gasteiger partial charge is 0.477 e. The van der Waals surface area contributed by atoms with Gasteiger partial charge in [0.1, 0.15) is 5.82 Å². The second-order valence-electron chi connectivity index (χ2n) is 5.78. The van der Waals surface area contributed by atoms with Crippen LogP contribution in [0.3, 0.4) is 0 Å². The third-order valence-electron chi connectivity index (χ3n) is 3.59. The van der Waals surface area contributed by atoms with Gasteiger partial charge in [0.2, 0.25) is 0 Å². The lowest BCUT2D eigenvalue weighted by Gasteiger charge is -2.26. The number of hydrogen-bond donors (Lipinski definition) is 2. The summed E-state index contributed by atoms with van der Waals surface area (Å²) >= 11 is 0. The molecule has 1 aliphatic rings. The summed E-state index contributed by atoms with van der Waals surface area (Å²) in [5, 5.41) is 12.2. The third-order valence-corrected chi connectivity index (χ3v) is 3.59. The van der Waals surface area contributed by atoms with E-state index in [0.29, 0.717) is 17.8 Å². The van der Waals surface area contributed by atoms with Crippen LogP contribution in [-0.4, -0.2) is 46.6 Å². The molecule has 2 heterocycles. The van der Waals surface area contributed by atoms with Crippen molar-refractivity contribution in [3.63, 3.8) is 0 Å². The number of anilines is 1. The molecule has 1 saturated heterocycles. The van der Waals surface area contributed by atoms with Crippen LogP contribution in [0.25, 0.3) is 0 Å². The summed E-state index contributed by atoms with van der Waals surface area (Å²) in [7, 11) is 0. The summed E-state index contributed by atoms with van der Waals surface area (Å²) < 4.78 is 0. The van der Waals surface area contributed by atoms with Crippen molar-refractivity contribution < 1.29 is 9.90 Å². The van der Waals surface area contributed by atoms with Crippen molar-refractivity contribution in [3.05, 3.63) is 23.9 Å². The molecule has 0 bridgehead atoms. The van der Waals surface area contributed by atoms with E-state index in [9.17, 15) is 4.79 Å². The Labute approximate surface area is 120 Å². The quantitative estimate of drug-likeness (QED) is 0.835. The second-order valence-corrected chi connectivity index (χ2v) is 5.78. The zero-order chi connectivity index (χ0) is 14.5. The highest BCUT2D eigenvalue weighted by molar-refractivity contribution is 5.85. The molecule has 0 radical (unpaired) electrons. The predicted molar refractivity (Wildman–Crippen MR) is 79.1 cm³/mol. The van der Waals surface area contributed by atoms with E-state index in [2.05, 4.69) is 29.0 Å². The number of carboxylic acid groups (broad SMARTS) is 1. The third kappa shape index (κ3) is 3.93. The summed E-state index contributed by atoms with van der Waals surface area (Å²) in [5.74, 6) is 0.321. The van der Waals surface area contributed by atoms with Gasteiger partial charge in [-0.3, -0.25) is 4.90 Å². The van der Waals surface area contributed by atoms with E-state index >= 15 is 0 Å². The molecule has 2 N–H and O–H groups in total. The van der Waals surface area contributed by atoms with Gasteiger partial charge >= 0.3 is 5.97 Å². The van der Waals surface area contributed by atoms with Crippen LogP contribution in [0.15, 0.2) is 18.2 Å². The molecule has 20 heavy (non-hydrogen) atoms. The fraction of sp³-hybridized carbons (Fsp3) is 0.600. The molecule has 0 aromatic carbocycles. The molecule has 5 nitrogen and oxygen atoms in total. The molecule has 1 aromatic rings. The first-order valence-electron chi connectivity index (χ1n) is 7.24. The smallest absolute Gasteiger partial charge is 0.354 e. The SMILES string of the molecule is CC(C)CN1CCC[C@@H]1CNc1cccc(C(=O)O)n1. The van der Waals surface area contributed by atoms with Crippen LogP contribution in [0, 0.1) is 5.92 Å². The summed E-state index contributed by atoms with van der Waals surface area (Å²) in [6.45, 7) is 7.58. The Hall–Kier alpha value is -1.62. The van der Waals surface area contributed by atoms with Crippen molar-refractivity contribution >= 4 is 11.8 Å². The zero-order valence-electron chi connectivity index (χ0n) is 12.2. The summed E-state index contributed by atoms with van der Waals surface area (Å²) in [6.07, 6.45) is 2.43. The van der Waals surface area contributed by atoms with Crippen LogP contribution in [0.2, 0.25) is 0 Å². The van der Waals surface area contributed by atoms with Gasteiger partial charge in [-0.1, -0.05) is 19.9 Å². The molecule has 1 aromatic heterocycles. The number of nitrogens with zero attached hydrogens (tertiary/aromatic N) is 2. The molecule has 1 aliphatic heterocycles. The number of pyridine rings is 1. The van der Waals surface area contributed by atoms with Crippen LogP contribution < -0.4 is 5.32 Å². The molecule has 110 valence electrons. The fourth-order valence-electron chi connectivity index (χ4n) is 2.71. The Morgan fingerprint density at radius 1 is 1.55 bits per heavy atom. The Bertz CT molecular complexity index is 462. The summed E-state index contributed by atoms with van der Waals surface area (Å²) in [5.41, 5.74) is 0.0838. The molecule has 0 unspecified atom stereocenters. The Balaban J connectivity index is 1.91. The van der Waals surface area contributed by atoms with E-state index in [1.807, 2.05) is 6.07 Å². The standard InChI is InChI=1S/C15H23N3O2/c1-11(2)10-18-8-4-5-12(18)9-16-14-7-3-6-13(17-14)15(19)20/h3,6-7,11-12H,4-5,8-10H2,1-2H3,(H,16,17)(H,19,20)/t12-/m1/s1. The first kappa shape index (κ1) is 14.8. The normalized spacial score (nSPS) is 19.4. The van der Waals surface area contributed by atoms with Crippen LogP contribution in [0.1, 0.15) is 37.2 Å². The van der Waals surface area contributed by atoms with Gasteiger partial charge in [0, 0.05) is 19.1 Å². The number of carboxylic acids is 1. The van der Waals surface area contributed by atoms with Gasteiger partial charge in [0.05, 0.1) is 0 Å². The van der Waals surface area contributed by atoms with E-state index in [0.717, 1.165) is 19.6 Å². The lowest BCUT2D eigenvalue weighted by molar-refractivity contribution is 0.0690. The summed E-state index contributed by atoms with van der Waals surface area (Å²) in [4.78, 5) is 17.5. The van der Waals surface area contributed by atoms with Gasteiger partial charge in [0.15, 0.2) is 5.69 Å². The van der Waals surface area contributed by atoms with E-state index < -0.39 is 5.97 Å². The number of likely N-dealkylation sites (tertiary alicyclic amines) is 1. The van der Waals surface area contributed by atoms with Crippen molar-refractivity contribution in [1.29, 1.82) is 0 Å². The molecule has 0 spiro atoms. The molecule has 0 saturated carbocycles. The fourth-order valence-corrected chi connectivity index (χ4v) is 2.71. The first-order valence-corrected chi connectivity index (χ1v) is 7.24. The number of hydrogen-bond acceptors (Lipinski definition) is 4. The monoisotopic (exact) mass is 277 g/mol. The molecule has 0 aliphatic carbocycles. The van der Waals surface area contributed by atoms with Crippen molar-refractivity contribution in [2.75, 3.05) is 25.0 Å². The number of rotatable bonds is 6. The van der Waals surface area contributed by atoms with Crippen molar-refractivity contribution in [2.45, 2.75) is 32.7 Å². The molecular weight excluding hydrogens is 254 g/mol. The maximum Gasteiger partial charge on any atom is 0.354 e. The molecular formula is C15H23N3O2. The van der Waals surface area contributed by atoms with Gasteiger partial charge < -0.3 is 10.4 Å². The van der Waals surface area contributed by atoms with Crippen LogP contribution >= 0.6 is 0 Å². The maximum absolute atomic E-state index is 10.9. The Morgan fingerprint density at radius 3 is 3.05 bits per heavy atom. The molecule has 0 amide bonds. The number of carbonyl (C=O) groups is 1. The minimum absolute atomic E-state index is 0.0838. The Kier molecular flexibility index (Phi) is 4.95. The number of nitrogens with one attached hydrogen (secondary N) is 1. The van der Waals surface area contributed by atoms with Crippen LogP contribution in [0.4, 0.5) is 5.82 Å². The van der Waals surface area contributed by atoms with Crippen molar-refractivity contribution in [3.8, 4) is 0 Å². The molecule has 1 atom stereocenters. The topological polar surface area (TPSA) is 65.5 Å². The molecule has 1 fully saturated rings. The average Bonchev–Trinajstić information content (AvgIpc) is 2.83. The molecule has 5 heteroatoms. The van der Waals surface area contributed by atoms with Crippen molar-refractivity contribution in [2.24, 2.45) is 5.92 Å². The zero-order valence-corrected chi connectivity index (χ0v) is 12.2. The van der Waals surface area contributed by atoms with E-state index in [4.69, 9.17) is 5.11 Å². The first-order chi connectivity index (χ1) is 9.56. The van der Waals surface area contributed by atoms with Gasteiger partial charge in [-0.25, -0.2) is 9.78 Å². The van der Waals surface area contributed by atoms with Crippen LogP contribution in [-0.2, 0) is 0 Å². The van der Waals surface area contributed by atoms with Gasteiger partial charge in [0.25, 0.3) is 0 Å². The second kappa shape index (κ2) is 6.70. The van der Waals surface area contributed by atoms with E-state index in [-0.39, 0.29) is 5.69 Å². The van der Waals surface area contributed by atoms with Gasteiger partial charge in [-0.05, 0) is 37.4 Å². The average molecular weight is 277 g/mol. The van der Waals surface area contributed by atoms with E-state index in [1.54, 1.807) is 6.07 Å². The minimum atomic E-state index is -0.990. The Morgan fingerprint density at radius 2 is 2.35 bits per heavy atom. The highest BCUT2D eigenvalue weighted by Crippen LogP contribution is 2.19. The van der Waals surface area contributed by atoms with E-state index in [1.165, 1.54) is 18.9 Å². The number of aromatic carboxylic acids is 1. The maximum atomic E-state index is 10.9. The highest BCUT2D eigenvalue weighted by Gasteiger charge is 2.24. The number of aromatic nitrogens is 1. The van der Waals surface area contributed by atoms with Crippen molar-refractivity contribution in [1.82, 2.24) is 9.88 Å². The summed E-state index contributed by atoms with van der Waals surface area (Å²) in [6, 6.07) is 5.56. The van der Waals surface area contributed by atoms with Gasteiger partial charge in [-0.2, -0.15) is 0 Å². The lowest BCUT2D eigenvalue weighted by Crippen LogP contribution is -2.37. The van der Waals surface area contributed by atoms with Crippen LogP contribution in [0.5, 0.6) is 0 Å².